The molecule has 5 rings (SSSR count). The van der Waals surface area contributed by atoms with E-state index in [2.05, 4.69) is 32.3 Å². The van der Waals surface area contributed by atoms with E-state index in [9.17, 15) is 4.79 Å². The molecule has 1 aromatic carbocycles. The molecule has 3 aromatic rings. The molecule has 0 radical (unpaired) electrons. The molecular weight excluding hydrogens is 452 g/mol. The van der Waals surface area contributed by atoms with Crippen molar-refractivity contribution in [2.75, 3.05) is 40.1 Å². The summed E-state index contributed by atoms with van der Waals surface area (Å²) in [7, 11) is 1.66. The van der Waals surface area contributed by atoms with Gasteiger partial charge in [-0.1, -0.05) is 6.92 Å². The number of H-pyrrole nitrogens is 1. The van der Waals surface area contributed by atoms with Gasteiger partial charge in [0.2, 0.25) is 0 Å². The molecule has 188 valence electrons. The lowest BCUT2D eigenvalue weighted by atomic mass is 10.1. The van der Waals surface area contributed by atoms with Crippen LogP contribution in [0.1, 0.15) is 43.6 Å². The minimum Gasteiger partial charge on any atom is -0.486 e. The zero-order chi connectivity index (χ0) is 24.2. The molecule has 2 atom stereocenters. The second-order valence-corrected chi connectivity index (χ2v) is 8.95. The van der Waals surface area contributed by atoms with Crippen LogP contribution in [0.4, 0.5) is 0 Å². The third-order valence-corrected chi connectivity index (χ3v) is 6.61. The van der Waals surface area contributed by atoms with E-state index in [4.69, 9.17) is 18.9 Å². The lowest BCUT2D eigenvalue weighted by Gasteiger charge is -2.32. The van der Waals surface area contributed by atoms with Crippen molar-refractivity contribution in [3.63, 3.8) is 0 Å². The average molecular weight is 485 g/mol. The molecule has 0 bridgehead atoms. The first-order valence-corrected chi connectivity index (χ1v) is 12.2. The van der Waals surface area contributed by atoms with Gasteiger partial charge in [0.25, 0.3) is 5.56 Å². The summed E-state index contributed by atoms with van der Waals surface area (Å²) in [5.41, 5.74) is 1.27. The number of pyridine rings is 1. The third-order valence-electron chi connectivity index (χ3n) is 6.61. The highest BCUT2D eigenvalue weighted by Gasteiger charge is 2.29. The largest absolute Gasteiger partial charge is 0.486 e. The van der Waals surface area contributed by atoms with E-state index in [0.717, 1.165) is 42.6 Å². The Morgan fingerprint density at radius 2 is 2.06 bits per heavy atom. The number of hydrogen-bond donors (Lipinski definition) is 1. The van der Waals surface area contributed by atoms with Crippen molar-refractivity contribution in [3.05, 3.63) is 39.9 Å². The van der Waals surface area contributed by atoms with Crippen LogP contribution in [-0.4, -0.2) is 76.3 Å². The summed E-state index contributed by atoms with van der Waals surface area (Å²) in [4.78, 5) is 18.4. The zero-order valence-electron chi connectivity index (χ0n) is 20.2. The van der Waals surface area contributed by atoms with Crippen molar-refractivity contribution in [1.29, 1.82) is 0 Å². The molecular formula is C24H32N6O5. The fourth-order valence-electron chi connectivity index (χ4n) is 4.87. The Morgan fingerprint density at radius 1 is 1.23 bits per heavy atom. The van der Waals surface area contributed by atoms with Crippen LogP contribution in [0, 0.1) is 0 Å². The van der Waals surface area contributed by atoms with Crippen LogP contribution in [0.25, 0.3) is 10.9 Å². The summed E-state index contributed by atoms with van der Waals surface area (Å²) in [5, 5.41) is 13.3. The van der Waals surface area contributed by atoms with E-state index in [1.165, 1.54) is 0 Å². The Labute approximate surface area is 203 Å². The molecule has 4 heterocycles. The maximum absolute atomic E-state index is 13.1. The average Bonchev–Trinajstić information content (AvgIpc) is 3.55. The minimum absolute atomic E-state index is 0.0820. The maximum atomic E-state index is 13.1. The van der Waals surface area contributed by atoms with Crippen molar-refractivity contribution in [2.45, 2.75) is 51.4 Å². The normalized spacial score (nSPS) is 18.4. The highest BCUT2D eigenvalue weighted by Crippen LogP contribution is 2.34. The predicted octanol–water partition coefficient (Wildman–Crippen LogP) is 2.06. The van der Waals surface area contributed by atoms with E-state index in [0.29, 0.717) is 56.5 Å². The van der Waals surface area contributed by atoms with E-state index in [1.54, 1.807) is 11.8 Å². The van der Waals surface area contributed by atoms with Crippen LogP contribution in [0.15, 0.2) is 23.0 Å². The first kappa shape index (κ1) is 23.7. The molecule has 1 saturated heterocycles. The fraction of sp³-hybridized carbons (Fsp3) is 0.583. The number of aromatic nitrogens is 5. The molecule has 0 spiro atoms. The smallest absolute Gasteiger partial charge is 0.252 e. The molecule has 1 N–H and O–H groups in total. The van der Waals surface area contributed by atoms with Gasteiger partial charge in [0.05, 0.1) is 30.8 Å². The summed E-state index contributed by atoms with van der Waals surface area (Å²) in [5.74, 6) is 2.11. The fourth-order valence-corrected chi connectivity index (χ4v) is 4.87. The number of fused-ring (bicyclic) bond motifs is 2. The summed E-state index contributed by atoms with van der Waals surface area (Å²) < 4.78 is 24.4. The van der Waals surface area contributed by atoms with Gasteiger partial charge in [-0.3, -0.25) is 9.69 Å². The van der Waals surface area contributed by atoms with E-state index >= 15 is 0 Å². The lowest BCUT2D eigenvalue weighted by Crippen LogP contribution is -2.38. The van der Waals surface area contributed by atoms with Crippen LogP contribution in [0.3, 0.4) is 0 Å². The molecule has 2 aliphatic rings. The monoisotopic (exact) mass is 484 g/mol. The lowest BCUT2D eigenvalue weighted by molar-refractivity contribution is 0.0484. The van der Waals surface area contributed by atoms with Crippen LogP contribution < -0.4 is 15.0 Å². The Balaban J connectivity index is 1.47. The predicted molar refractivity (Wildman–Crippen MR) is 128 cm³/mol. The Bertz CT molecular complexity index is 1200. The first-order valence-electron chi connectivity index (χ1n) is 12.2. The van der Waals surface area contributed by atoms with E-state index < -0.39 is 0 Å². The van der Waals surface area contributed by atoms with Crippen molar-refractivity contribution in [2.24, 2.45) is 0 Å². The van der Waals surface area contributed by atoms with Crippen LogP contribution in [-0.2, 0) is 22.6 Å². The molecule has 35 heavy (non-hydrogen) atoms. The number of tetrazole rings is 1. The Morgan fingerprint density at radius 3 is 2.80 bits per heavy atom. The molecule has 0 aliphatic carbocycles. The zero-order valence-corrected chi connectivity index (χ0v) is 20.2. The van der Waals surface area contributed by atoms with Gasteiger partial charge in [-0.2, -0.15) is 0 Å². The number of rotatable bonds is 10. The SMILES string of the molecule is CC[C@H](c1nnnn1CCOC)N(Cc1cc2cc3c(cc2[nH]c1=O)OCCO3)C[C@H]1CCCO1. The topological polar surface area (TPSA) is 117 Å². The van der Waals surface area contributed by atoms with Crippen LogP contribution >= 0.6 is 0 Å². The van der Waals surface area contributed by atoms with E-state index in [-0.39, 0.29) is 17.7 Å². The molecule has 0 amide bonds. The van der Waals surface area contributed by atoms with Gasteiger partial charge in [-0.15, -0.1) is 5.10 Å². The molecule has 0 saturated carbocycles. The maximum Gasteiger partial charge on any atom is 0.252 e. The highest BCUT2D eigenvalue weighted by molar-refractivity contribution is 5.83. The second kappa shape index (κ2) is 10.7. The van der Waals surface area contributed by atoms with Gasteiger partial charge in [-0.05, 0) is 41.8 Å². The Hall–Kier alpha value is -3.02. The van der Waals surface area contributed by atoms with Gasteiger partial charge in [-0.25, -0.2) is 4.68 Å². The quantitative estimate of drug-likeness (QED) is 0.461. The highest BCUT2D eigenvalue weighted by atomic mass is 16.6. The number of nitrogens with one attached hydrogen (secondary N) is 1. The standard InChI is InChI=1S/C24H32N6O5/c1-3-20(23-26-27-28-30(23)6-8-32-2)29(15-18-5-4-7-33-18)14-17-11-16-12-21-22(35-10-9-34-21)13-19(16)25-24(17)31/h11-13,18,20H,3-10,14-15H2,1-2H3,(H,25,31)/t18-,20-/m1/s1. The van der Waals surface area contributed by atoms with Crippen LogP contribution in [0.5, 0.6) is 11.5 Å². The number of benzene rings is 1. The van der Waals surface area contributed by atoms with Gasteiger partial charge in [0.15, 0.2) is 17.3 Å². The van der Waals surface area contributed by atoms with Crippen molar-refractivity contribution in [1.82, 2.24) is 30.1 Å². The number of nitrogens with zero attached hydrogens (tertiary/aromatic N) is 5. The van der Waals surface area contributed by atoms with Gasteiger partial charge >= 0.3 is 0 Å². The van der Waals surface area contributed by atoms with Crippen LogP contribution in [0.2, 0.25) is 0 Å². The molecule has 2 aromatic heterocycles. The Kier molecular flexibility index (Phi) is 7.26. The van der Waals surface area contributed by atoms with Crippen molar-refractivity contribution < 1.29 is 18.9 Å². The molecule has 0 unspecified atom stereocenters. The number of methoxy groups -OCH3 is 1. The van der Waals surface area contributed by atoms with Crippen molar-refractivity contribution >= 4 is 10.9 Å². The van der Waals surface area contributed by atoms with E-state index in [1.807, 2.05) is 18.2 Å². The van der Waals surface area contributed by atoms with Gasteiger partial charge in [0.1, 0.15) is 13.2 Å². The summed E-state index contributed by atoms with van der Waals surface area (Å²) in [6.45, 7) is 6.10. The molecule has 2 aliphatic heterocycles. The first-order chi connectivity index (χ1) is 17.2. The number of hydrogen-bond acceptors (Lipinski definition) is 9. The molecule has 11 heteroatoms. The van der Waals surface area contributed by atoms with Gasteiger partial charge in [0, 0.05) is 43.8 Å². The third kappa shape index (κ3) is 5.16. The number of aromatic amines is 1. The number of ether oxygens (including phenoxy) is 4. The summed E-state index contributed by atoms with van der Waals surface area (Å²) in [6.07, 6.45) is 2.94. The van der Waals surface area contributed by atoms with Crippen molar-refractivity contribution in [3.8, 4) is 11.5 Å². The second-order valence-electron chi connectivity index (χ2n) is 8.95. The summed E-state index contributed by atoms with van der Waals surface area (Å²) >= 11 is 0. The molecule has 11 nitrogen and oxygen atoms in total. The molecule has 1 fully saturated rings. The summed E-state index contributed by atoms with van der Waals surface area (Å²) in [6, 6.07) is 5.62. The van der Waals surface area contributed by atoms with Gasteiger partial charge < -0.3 is 23.9 Å². The minimum atomic E-state index is -0.125.